The molecular weight excluding hydrogens is 604 g/mol. The summed E-state index contributed by atoms with van der Waals surface area (Å²) in [5.74, 6) is -1.76. The summed E-state index contributed by atoms with van der Waals surface area (Å²) in [6.45, 7) is 4.52. The summed E-state index contributed by atoms with van der Waals surface area (Å²) in [4.78, 5) is 48.1. The number of halogens is 1. The van der Waals surface area contributed by atoms with Crippen LogP contribution in [-0.2, 0) is 49.3 Å². The first-order valence-corrected chi connectivity index (χ1v) is 15.6. The van der Waals surface area contributed by atoms with Crippen molar-refractivity contribution in [2.24, 2.45) is 10.8 Å². The lowest BCUT2D eigenvalue weighted by Crippen LogP contribution is -2.59. The van der Waals surface area contributed by atoms with E-state index in [1.54, 1.807) is 12.1 Å². The average Bonchev–Trinajstić information content (AvgIpc) is 3.70. The maximum Gasteiger partial charge on any atom is 0.303 e. The lowest BCUT2D eigenvalue weighted by atomic mass is 9.89. The summed E-state index contributed by atoms with van der Waals surface area (Å²) in [6, 6.07) is 13.3. The van der Waals surface area contributed by atoms with Crippen LogP contribution in [0.3, 0.4) is 0 Å². The van der Waals surface area contributed by atoms with Crippen molar-refractivity contribution in [1.82, 2.24) is 0 Å². The Balaban J connectivity index is 1.24. The van der Waals surface area contributed by atoms with Crippen LogP contribution >= 0.6 is 11.6 Å². The van der Waals surface area contributed by atoms with E-state index in [-0.39, 0.29) is 6.61 Å². The molecule has 4 aliphatic rings. The van der Waals surface area contributed by atoms with Crippen molar-refractivity contribution >= 4 is 35.5 Å². The normalized spacial score (nSPS) is 32.4. The number of ether oxygens (including phenoxy) is 6. The minimum absolute atomic E-state index is 0.297. The molecule has 240 valence electrons. The summed E-state index contributed by atoms with van der Waals surface area (Å²) in [6.07, 6.45) is 0.192. The molecule has 3 aliphatic carbocycles. The second-order valence-electron chi connectivity index (χ2n) is 12.9. The van der Waals surface area contributed by atoms with Gasteiger partial charge in [-0.05, 0) is 77.8 Å². The molecule has 0 unspecified atom stereocenters. The number of esters is 4. The average molecular weight is 641 g/mol. The van der Waals surface area contributed by atoms with Gasteiger partial charge in [-0.1, -0.05) is 35.9 Å². The molecule has 0 amide bonds. The first kappa shape index (κ1) is 31.4. The molecule has 0 radical (unpaired) electrons. The lowest BCUT2D eigenvalue weighted by molar-refractivity contribution is -0.254. The maximum atomic E-state index is 12.3. The quantitative estimate of drug-likeness (QED) is 0.257. The van der Waals surface area contributed by atoms with Gasteiger partial charge in [0.05, 0.1) is 6.10 Å². The minimum Gasteiger partial charge on any atom is -0.490 e. The summed E-state index contributed by atoms with van der Waals surface area (Å²) in [7, 11) is 0. The molecule has 0 N–H and O–H groups in total. The highest BCUT2D eigenvalue weighted by molar-refractivity contribution is 6.31. The van der Waals surface area contributed by atoms with E-state index in [9.17, 15) is 19.2 Å². The van der Waals surface area contributed by atoms with Gasteiger partial charge >= 0.3 is 23.9 Å². The van der Waals surface area contributed by atoms with Gasteiger partial charge < -0.3 is 28.4 Å². The van der Waals surface area contributed by atoms with Gasteiger partial charge in [0.2, 0.25) is 0 Å². The van der Waals surface area contributed by atoms with Gasteiger partial charge in [0, 0.05) is 32.7 Å². The molecule has 2 aromatic rings. The van der Waals surface area contributed by atoms with Crippen LogP contribution in [0.2, 0.25) is 5.02 Å². The third-order valence-electron chi connectivity index (χ3n) is 9.48. The molecule has 10 nitrogen and oxygen atoms in total. The van der Waals surface area contributed by atoms with Crippen LogP contribution in [-0.4, -0.2) is 61.0 Å². The highest BCUT2D eigenvalue weighted by atomic mass is 35.5. The van der Waals surface area contributed by atoms with Crippen molar-refractivity contribution in [1.29, 1.82) is 0 Å². The predicted molar refractivity (Wildman–Crippen MR) is 159 cm³/mol. The standard InChI is InChI=1S/C34H37ClO10/c1-18(36)40-15-28-30(41-19(2)37)32(43-21(4)39)31(42-20(3)38)29(45-28)23-7-10-27(35)24(12-23)11-22-5-8-25(9-6-22)44-26-13-33-16-34(33,14-26)17-33/h5-10,12,26,28-32H,11,13-17H2,1-4H3/t26?,28-,29-,30-,31+,32+,33?,34?/m1/s1. The summed E-state index contributed by atoms with van der Waals surface area (Å²) in [5, 5.41) is 0.521. The van der Waals surface area contributed by atoms with E-state index in [0.717, 1.165) is 29.7 Å². The van der Waals surface area contributed by atoms with Gasteiger partial charge in [-0.25, -0.2) is 0 Å². The van der Waals surface area contributed by atoms with Crippen molar-refractivity contribution in [3.63, 3.8) is 0 Å². The second kappa shape index (κ2) is 11.9. The van der Waals surface area contributed by atoms with Crippen LogP contribution in [0, 0.1) is 10.8 Å². The summed E-state index contributed by atoms with van der Waals surface area (Å²) in [5.41, 5.74) is 3.58. The Bertz CT molecular complexity index is 1480. The Labute approximate surface area is 266 Å². The van der Waals surface area contributed by atoms with E-state index < -0.39 is 54.4 Å². The Hall–Kier alpha value is -3.63. The molecule has 0 spiro atoms. The largest absolute Gasteiger partial charge is 0.490 e. The highest BCUT2D eigenvalue weighted by Gasteiger charge is 2.86. The van der Waals surface area contributed by atoms with Crippen molar-refractivity contribution < 1.29 is 47.6 Å². The van der Waals surface area contributed by atoms with Gasteiger partial charge in [0.25, 0.3) is 0 Å². The van der Waals surface area contributed by atoms with Crippen molar-refractivity contribution in [2.75, 3.05) is 6.61 Å². The molecule has 4 fully saturated rings. The van der Waals surface area contributed by atoms with E-state index in [1.165, 1.54) is 40.5 Å². The molecule has 6 rings (SSSR count). The van der Waals surface area contributed by atoms with Crippen molar-refractivity contribution in [3.8, 4) is 5.75 Å². The van der Waals surface area contributed by atoms with Crippen molar-refractivity contribution in [3.05, 3.63) is 64.2 Å². The van der Waals surface area contributed by atoms with Gasteiger partial charge in [-0.15, -0.1) is 0 Å². The zero-order valence-corrected chi connectivity index (χ0v) is 26.5. The van der Waals surface area contributed by atoms with E-state index in [4.69, 9.17) is 40.0 Å². The molecule has 0 aromatic heterocycles. The molecule has 1 aliphatic heterocycles. The Kier molecular flexibility index (Phi) is 8.33. The fourth-order valence-electron chi connectivity index (χ4n) is 7.41. The second-order valence-corrected chi connectivity index (χ2v) is 13.3. The van der Waals surface area contributed by atoms with E-state index >= 15 is 0 Å². The molecular formula is C34H37ClO10. The topological polar surface area (TPSA) is 124 Å². The molecule has 45 heavy (non-hydrogen) atoms. The van der Waals surface area contributed by atoms with Gasteiger partial charge in [-0.3, -0.25) is 19.2 Å². The number of carbonyl (C=O) groups is 4. The van der Waals surface area contributed by atoms with E-state index in [0.29, 0.717) is 33.9 Å². The summed E-state index contributed by atoms with van der Waals surface area (Å²) >= 11 is 6.64. The molecule has 11 heteroatoms. The van der Waals surface area contributed by atoms with Crippen molar-refractivity contribution in [2.45, 2.75) is 96.4 Å². The van der Waals surface area contributed by atoms with Crippen LogP contribution in [0.1, 0.15) is 76.2 Å². The number of benzene rings is 2. The molecule has 0 bridgehead atoms. The minimum atomic E-state index is -1.25. The highest BCUT2D eigenvalue weighted by Crippen LogP contribution is 2.93. The Morgan fingerprint density at radius 3 is 2.00 bits per heavy atom. The van der Waals surface area contributed by atoms with E-state index in [1.807, 2.05) is 30.3 Å². The third kappa shape index (κ3) is 6.53. The van der Waals surface area contributed by atoms with E-state index in [2.05, 4.69) is 0 Å². The molecule has 3 saturated carbocycles. The zero-order chi connectivity index (χ0) is 32.1. The third-order valence-corrected chi connectivity index (χ3v) is 9.84. The molecule has 1 saturated heterocycles. The van der Waals surface area contributed by atoms with Gasteiger partial charge in [0.1, 0.15) is 24.6 Å². The van der Waals surface area contributed by atoms with Gasteiger partial charge in [0.15, 0.2) is 18.3 Å². The first-order valence-electron chi connectivity index (χ1n) is 15.2. The molecule has 5 atom stereocenters. The number of hydrogen-bond donors (Lipinski definition) is 0. The van der Waals surface area contributed by atoms with Gasteiger partial charge in [-0.2, -0.15) is 0 Å². The fraction of sp³-hybridized carbons (Fsp3) is 0.529. The Morgan fingerprint density at radius 2 is 1.40 bits per heavy atom. The van der Waals surface area contributed by atoms with Crippen LogP contribution in [0.5, 0.6) is 5.75 Å². The first-order chi connectivity index (χ1) is 21.4. The number of carbonyl (C=O) groups excluding carboxylic acids is 4. The molecule has 1 heterocycles. The summed E-state index contributed by atoms with van der Waals surface area (Å²) < 4.78 is 34.5. The lowest BCUT2D eigenvalue weighted by Gasteiger charge is -2.44. The predicted octanol–water partition coefficient (Wildman–Crippen LogP) is 5.05. The maximum absolute atomic E-state index is 12.3. The monoisotopic (exact) mass is 640 g/mol. The zero-order valence-electron chi connectivity index (χ0n) is 25.7. The number of hydrogen-bond acceptors (Lipinski definition) is 10. The Morgan fingerprint density at radius 1 is 0.800 bits per heavy atom. The van der Waals surface area contributed by atoms with Crippen LogP contribution < -0.4 is 4.74 Å². The smallest absolute Gasteiger partial charge is 0.303 e. The van der Waals surface area contributed by atoms with Crippen LogP contribution in [0.25, 0.3) is 0 Å². The molecule has 2 aromatic carbocycles. The SMILES string of the molecule is CC(=O)OC[C@H]1O[C@H](c2ccc(Cl)c(Cc3ccc(OC4CC56CC5(C4)C6)cc3)c2)[C@H](OC(C)=O)[C@@H](OC(C)=O)[C@@H]1OC(C)=O. The van der Waals surface area contributed by atoms with Crippen LogP contribution in [0.15, 0.2) is 42.5 Å². The van der Waals surface area contributed by atoms with Crippen LogP contribution in [0.4, 0.5) is 0 Å². The number of rotatable bonds is 10. The fourth-order valence-corrected chi connectivity index (χ4v) is 7.59.